The molecule has 1 N–H and O–H groups in total. The number of nitrogens with zero attached hydrogens (tertiary/aromatic N) is 5. The molecule has 0 radical (unpaired) electrons. The monoisotopic (exact) mass is 879 g/mol. The number of alkyl halides is 2. The predicted octanol–water partition coefficient (Wildman–Crippen LogP) is 8.89. The second-order valence-corrected chi connectivity index (χ2v) is 16.4. The predicted molar refractivity (Wildman–Crippen MR) is 215 cm³/mol. The molecule has 3 fully saturated rings. The van der Waals surface area contributed by atoms with Crippen molar-refractivity contribution < 1.29 is 51.0 Å². The smallest absolute Gasteiger partial charge is 0.258 e. The van der Waals surface area contributed by atoms with Gasteiger partial charge in [0.05, 0.1) is 36.0 Å². The first-order valence-corrected chi connectivity index (χ1v) is 19.4. The highest BCUT2D eigenvalue weighted by Gasteiger charge is 2.76. The Hall–Kier alpha value is -6.13. The summed E-state index contributed by atoms with van der Waals surface area (Å²) in [5.74, 6) is -21.7. The molecule has 8 rings (SSSR count). The third-order valence-corrected chi connectivity index (χ3v) is 13.1. The molecule has 4 aliphatic rings. The van der Waals surface area contributed by atoms with Crippen molar-refractivity contribution in [2.45, 2.75) is 22.6 Å². The van der Waals surface area contributed by atoms with E-state index in [0.717, 1.165) is 10.6 Å². The molecule has 0 spiro atoms. The van der Waals surface area contributed by atoms with Crippen LogP contribution in [0, 0.1) is 52.8 Å². The Morgan fingerprint density at radius 3 is 1.97 bits per heavy atom. The number of fused-ring (bicyclic) bond motifs is 4. The number of imide groups is 2. The number of ether oxygens (including phenoxy) is 1. The SMILES string of the molecule is COc1cc(C=CC2C3=CCC4C(=O)N(c5ccc(N=Nc6ccc(N(C)C)cc6)cc5)C(=O)C4C3CC3(Cl)C(=O)N(c4c(F)c(F)c(F)c(F)c4F)C(=O)C23Cl)ccc1O. The minimum absolute atomic E-state index is 0.0421. The van der Waals surface area contributed by atoms with Crippen molar-refractivity contribution in [3.05, 3.63) is 119 Å². The van der Waals surface area contributed by atoms with Crippen LogP contribution in [0.3, 0.4) is 0 Å². The van der Waals surface area contributed by atoms with Crippen molar-refractivity contribution in [3.63, 3.8) is 0 Å². The maximum Gasteiger partial charge on any atom is 0.258 e. The molecule has 2 heterocycles. The van der Waals surface area contributed by atoms with E-state index in [4.69, 9.17) is 27.9 Å². The maximum absolute atomic E-state index is 15.3. The second kappa shape index (κ2) is 15.1. The fraction of sp³-hybridized carbons (Fsp3) is 0.256. The largest absolute Gasteiger partial charge is 0.504 e. The van der Waals surface area contributed by atoms with Gasteiger partial charge >= 0.3 is 0 Å². The zero-order chi connectivity index (χ0) is 43.9. The normalized spacial score (nSPS) is 26.0. The first-order valence-electron chi connectivity index (χ1n) is 18.6. The zero-order valence-corrected chi connectivity index (χ0v) is 33.7. The van der Waals surface area contributed by atoms with Gasteiger partial charge in [-0.3, -0.25) is 24.1 Å². The number of methoxy groups -OCH3 is 1. The summed E-state index contributed by atoms with van der Waals surface area (Å²) in [4.78, 5) is 54.8. The molecule has 1 saturated carbocycles. The van der Waals surface area contributed by atoms with Gasteiger partial charge in [-0.25, -0.2) is 26.9 Å². The number of carbonyl (C=O) groups excluding carboxylic acids is 4. The molecule has 4 aromatic carbocycles. The Labute approximate surface area is 354 Å². The van der Waals surface area contributed by atoms with Gasteiger partial charge < -0.3 is 14.7 Å². The molecule has 6 atom stereocenters. The van der Waals surface area contributed by atoms with E-state index in [9.17, 15) is 37.5 Å². The molecule has 0 aromatic heterocycles. The number of halogens is 7. The third-order valence-electron chi connectivity index (χ3n) is 11.7. The first-order chi connectivity index (χ1) is 28.9. The second-order valence-electron chi connectivity index (χ2n) is 15.2. The minimum Gasteiger partial charge on any atom is -0.504 e. The maximum atomic E-state index is 15.3. The van der Waals surface area contributed by atoms with Crippen LogP contribution in [0.4, 0.5) is 50.4 Å². The van der Waals surface area contributed by atoms with Crippen molar-refractivity contribution >= 4 is 81.3 Å². The lowest BCUT2D eigenvalue weighted by atomic mass is 9.57. The molecule has 0 bridgehead atoms. The standard InChI is InChI=1S/C43H32Cl2F5N5O6/c1-53(2)23-10-6-21(7-11-23)51-52-22-8-12-24(13-9-22)54-38(57)26-15-14-25-27(31(26)39(54)58)19-42(44)40(59)55(37-35(49)33(47)32(46)34(48)36(37)50)41(60)43(42,45)28(25)16-4-20-5-17-29(56)30(18-20)61-3/h4-14,16-18,26-28,31,56H,15,19H2,1-3H3. The zero-order valence-electron chi connectivity index (χ0n) is 32.2. The van der Waals surface area contributed by atoms with Gasteiger partial charge in [0, 0.05) is 25.7 Å². The van der Waals surface area contributed by atoms with Gasteiger partial charge in [-0.05, 0) is 85.0 Å². The van der Waals surface area contributed by atoms with Crippen molar-refractivity contribution in [2.24, 2.45) is 33.9 Å². The number of allylic oxidation sites excluding steroid dienone is 3. The number of carbonyl (C=O) groups is 4. The molecule has 2 aliphatic carbocycles. The molecule has 2 saturated heterocycles. The molecule has 61 heavy (non-hydrogen) atoms. The van der Waals surface area contributed by atoms with Gasteiger partial charge in [-0.2, -0.15) is 10.2 Å². The summed E-state index contributed by atoms with van der Waals surface area (Å²) in [6.07, 6.45) is 3.67. The molecule has 4 amide bonds. The minimum atomic E-state index is -2.68. The first kappa shape index (κ1) is 41.6. The molecule has 6 unspecified atom stereocenters. The number of aromatic hydroxyl groups is 1. The highest BCUT2D eigenvalue weighted by Crippen LogP contribution is 2.64. The fourth-order valence-corrected chi connectivity index (χ4v) is 9.57. The topological polar surface area (TPSA) is 132 Å². The third kappa shape index (κ3) is 6.28. The number of hydrogen-bond donors (Lipinski definition) is 1. The molecular formula is C43H32Cl2F5N5O6. The average Bonchev–Trinajstić information content (AvgIpc) is 3.59. The van der Waals surface area contributed by atoms with Crippen LogP contribution in [0.15, 0.2) is 94.7 Å². The Morgan fingerprint density at radius 1 is 0.787 bits per heavy atom. The van der Waals surface area contributed by atoms with Crippen LogP contribution in [-0.2, 0) is 19.2 Å². The Kier molecular flexibility index (Phi) is 10.3. The summed E-state index contributed by atoms with van der Waals surface area (Å²) in [7, 11) is 5.12. The Balaban J connectivity index is 1.17. The van der Waals surface area contributed by atoms with E-state index in [1.165, 1.54) is 49.6 Å². The molecule has 2 aliphatic heterocycles. The number of phenolic OH excluding ortho intramolecular Hbond substituents is 1. The number of amides is 4. The summed E-state index contributed by atoms with van der Waals surface area (Å²) in [6, 6.07) is 17.7. The van der Waals surface area contributed by atoms with E-state index < -0.39 is 98.2 Å². The molecular weight excluding hydrogens is 848 g/mol. The summed E-state index contributed by atoms with van der Waals surface area (Å²) >= 11 is 14.3. The van der Waals surface area contributed by atoms with Crippen LogP contribution in [0.25, 0.3) is 6.08 Å². The summed E-state index contributed by atoms with van der Waals surface area (Å²) in [5.41, 5.74) is 0.941. The van der Waals surface area contributed by atoms with E-state index in [-0.39, 0.29) is 34.1 Å². The van der Waals surface area contributed by atoms with Crippen LogP contribution in [0.5, 0.6) is 11.5 Å². The van der Waals surface area contributed by atoms with Gasteiger partial charge in [0.25, 0.3) is 11.8 Å². The molecule has 4 aromatic rings. The fourth-order valence-electron chi connectivity index (χ4n) is 8.68. The van der Waals surface area contributed by atoms with Crippen LogP contribution in [0.2, 0.25) is 0 Å². The summed E-state index contributed by atoms with van der Waals surface area (Å²) < 4.78 is 79.1. The lowest BCUT2D eigenvalue weighted by Gasteiger charge is -2.49. The van der Waals surface area contributed by atoms with E-state index in [1.807, 2.05) is 31.1 Å². The molecule has 18 heteroatoms. The number of benzene rings is 4. The Morgan fingerprint density at radius 2 is 1.38 bits per heavy atom. The van der Waals surface area contributed by atoms with E-state index >= 15 is 8.78 Å². The van der Waals surface area contributed by atoms with Gasteiger partial charge in [-0.1, -0.05) is 29.9 Å². The van der Waals surface area contributed by atoms with Crippen molar-refractivity contribution in [3.8, 4) is 11.5 Å². The van der Waals surface area contributed by atoms with Crippen LogP contribution in [0.1, 0.15) is 18.4 Å². The number of hydrogen-bond acceptors (Lipinski definition) is 9. The average molecular weight is 881 g/mol. The van der Waals surface area contributed by atoms with Gasteiger partial charge in [-0.15, -0.1) is 23.2 Å². The van der Waals surface area contributed by atoms with Crippen LogP contribution >= 0.6 is 23.2 Å². The number of phenols is 1. The molecule has 314 valence electrons. The number of azo groups is 1. The highest BCUT2D eigenvalue weighted by molar-refractivity contribution is 6.58. The van der Waals surface area contributed by atoms with E-state index in [1.54, 1.807) is 30.3 Å². The summed E-state index contributed by atoms with van der Waals surface area (Å²) in [6.45, 7) is 0. The van der Waals surface area contributed by atoms with Crippen LogP contribution < -0.4 is 19.4 Å². The van der Waals surface area contributed by atoms with Crippen molar-refractivity contribution in [2.75, 3.05) is 35.9 Å². The van der Waals surface area contributed by atoms with E-state index in [2.05, 4.69) is 10.2 Å². The van der Waals surface area contributed by atoms with Gasteiger partial charge in [0.1, 0.15) is 5.69 Å². The summed E-state index contributed by atoms with van der Waals surface area (Å²) in [5, 5.41) is 18.6. The van der Waals surface area contributed by atoms with E-state index in [0.29, 0.717) is 16.9 Å². The quantitative estimate of drug-likeness (QED) is 0.0356. The lowest BCUT2D eigenvalue weighted by molar-refractivity contribution is -0.125. The van der Waals surface area contributed by atoms with Crippen LogP contribution in [-0.4, -0.2) is 59.7 Å². The van der Waals surface area contributed by atoms with Crippen molar-refractivity contribution in [1.82, 2.24) is 0 Å². The number of rotatable bonds is 8. The number of anilines is 3. The Bertz CT molecular complexity index is 2620. The highest BCUT2D eigenvalue weighted by atomic mass is 35.5. The van der Waals surface area contributed by atoms with Gasteiger partial charge in [0.15, 0.2) is 44.5 Å². The van der Waals surface area contributed by atoms with Gasteiger partial charge in [0.2, 0.25) is 17.6 Å². The van der Waals surface area contributed by atoms with Crippen molar-refractivity contribution in [1.29, 1.82) is 0 Å². The molecule has 11 nitrogen and oxygen atoms in total. The lowest BCUT2D eigenvalue weighted by Crippen LogP contribution is -2.60.